The highest BCUT2D eigenvalue weighted by atomic mass is 16.5. The molecular weight excluding hydrogens is 152 g/mol. The van der Waals surface area contributed by atoms with Gasteiger partial charge in [-0.2, -0.15) is 0 Å². The molecule has 1 aliphatic heterocycles. The Labute approximate surface area is 71.2 Å². The Kier molecular flexibility index (Phi) is 1.84. The zero-order chi connectivity index (χ0) is 8.39. The van der Waals surface area contributed by atoms with Gasteiger partial charge in [0.25, 0.3) is 0 Å². The van der Waals surface area contributed by atoms with Crippen LogP contribution in [0.1, 0.15) is 0 Å². The lowest BCUT2D eigenvalue weighted by atomic mass is 9.94. The highest BCUT2D eigenvalue weighted by Crippen LogP contribution is 2.25. The maximum atomic E-state index is 10.5. The van der Waals surface area contributed by atoms with E-state index in [0.29, 0.717) is 5.76 Å². The van der Waals surface area contributed by atoms with Crippen LogP contribution in [0.25, 0.3) is 0 Å². The van der Waals surface area contributed by atoms with Gasteiger partial charge in [0.1, 0.15) is 12.4 Å². The standard InChI is InChI=1S/C10H9O2/c11-6-10-5-8-3-1-2-4-9(8)7-12-10/h1-5,7-8H,6H2. The summed E-state index contributed by atoms with van der Waals surface area (Å²) in [5, 5.41) is 10.5. The zero-order valence-electron chi connectivity index (χ0n) is 6.57. The van der Waals surface area contributed by atoms with Gasteiger partial charge in [-0.1, -0.05) is 24.3 Å². The molecule has 0 N–H and O–H groups in total. The fraction of sp³-hybridized carbons (Fsp3) is 0.200. The predicted molar refractivity (Wildman–Crippen MR) is 44.6 cm³/mol. The third-order valence-corrected chi connectivity index (χ3v) is 1.96. The van der Waals surface area contributed by atoms with Crippen LogP contribution in [0.5, 0.6) is 0 Å². The maximum Gasteiger partial charge on any atom is 0.140 e. The van der Waals surface area contributed by atoms with Gasteiger partial charge in [0.15, 0.2) is 0 Å². The van der Waals surface area contributed by atoms with Crippen molar-refractivity contribution in [2.75, 3.05) is 6.61 Å². The molecule has 0 spiro atoms. The first-order valence-electron chi connectivity index (χ1n) is 3.90. The van der Waals surface area contributed by atoms with Crippen LogP contribution in [0.15, 0.2) is 48.0 Å². The van der Waals surface area contributed by atoms with Crippen LogP contribution < -0.4 is 0 Å². The van der Waals surface area contributed by atoms with Gasteiger partial charge < -0.3 is 4.74 Å². The molecule has 0 amide bonds. The normalized spacial score (nSPS) is 25.6. The second-order valence-electron chi connectivity index (χ2n) is 2.78. The van der Waals surface area contributed by atoms with Crippen LogP contribution in [0.3, 0.4) is 0 Å². The van der Waals surface area contributed by atoms with E-state index in [1.165, 1.54) is 0 Å². The molecule has 0 fully saturated rings. The molecule has 12 heavy (non-hydrogen) atoms. The van der Waals surface area contributed by atoms with Crippen LogP contribution in [-0.2, 0) is 9.84 Å². The molecule has 2 nitrogen and oxygen atoms in total. The average Bonchev–Trinajstić information content (AvgIpc) is 2.17. The molecule has 0 saturated heterocycles. The number of ether oxygens (including phenoxy) is 1. The van der Waals surface area contributed by atoms with Crippen molar-refractivity contribution in [2.24, 2.45) is 5.92 Å². The molecule has 1 aliphatic carbocycles. The van der Waals surface area contributed by atoms with Crippen molar-refractivity contribution >= 4 is 0 Å². The molecule has 1 atom stereocenters. The molecular formula is C10H9O2. The van der Waals surface area contributed by atoms with Crippen LogP contribution in [0, 0.1) is 5.92 Å². The summed E-state index contributed by atoms with van der Waals surface area (Å²) in [5.41, 5.74) is 1.11. The summed E-state index contributed by atoms with van der Waals surface area (Å²) >= 11 is 0. The van der Waals surface area contributed by atoms with Gasteiger partial charge >= 0.3 is 0 Å². The maximum absolute atomic E-state index is 10.5. The Morgan fingerprint density at radius 2 is 2.33 bits per heavy atom. The van der Waals surface area contributed by atoms with Crippen LogP contribution >= 0.6 is 0 Å². The van der Waals surface area contributed by atoms with E-state index < -0.39 is 0 Å². The van der Waals surface area contributed by atoms with Gasteiger partial charge in [-0.15, -0.1) is 0 Å². The Hall–Kier alpha value is -1.28. The Balaban J connectivity index is 2.23. The molecule has 0 saturated carbocycles. The van der Waals surface area contributed by atoms with Gasteiger partial charge in [-0.3, -0.25) is 0 Å². The Bertz CT molecular complexity index is 295. The minimum absolute atomic E-state index is 0.243. The molecule has 0 aromatic heterocycles. The van der Waals surface area contributed by atoms with Crippen LogP contribution in [-0.4, -0.2) is 6.61 Å². The van der Waals surface area contributed by atoms with Gasteiger partial charge in [0.2, 0.25) is 0 Å². The molecule has 2 heteroatoms. The summed E-state index contributed by atoms with van der Waals surface area (Å²) in [6.07, 6.45) is 11.5. The monoisotopic (exact) mass is 161 g/mol. The third kappa shape index (κ3) is 1.21. The topological polar surface area (TPSA) is 29.1 Å². The van der Waals surface area contributed by atoms with E-state index in [1.807, 2.05) is 30.4 Å². The van der Waals surface area contributed by atoms with Crippen molar-refractivity contribution < 1.29 is 9.84 Å². The van der Waals surface area contributed by atoms with Gasteiger partial charge in [0.05, 0.1) is 6.26 Å². The van der Waals surface area contributed by atoms with E-state index in [2.05, 4.69) is 0 Å². The van der Waals surface area contributed by atoms with Crippen molar-refractivity contribution in [2.45, 2.75) is 0 Å². The smallest absolute Gasteiger partial charge is 0.140 e. The van der Waals surface area contributed by atoms with E-state index in [-0.39, 0.29) is 12.5 Å². The fourth-order valence-electron chi connectivity index (χ4n) is 1.31. The van der Waals surface area contributed by atoms with E-state index in [4.69, 9.17) is 4.74 Å². The number of rotatable bonds is 1. The van der Waals surface area contributed by atoms with Crippen LogP contribution in [0.2, 0.25) is 0 Å². The first-order chi connectivity index (χ1) is 5.90. The highest BCUT2D eigenvalue weighted by Gasteiger charge is 2.15. The molecule has 0 bridgehead atoms. The minimum Gasteiger partial charge on any atom is -0.467 e. The molecule has 2 rings (SSSR count). The third-order valence-electron chi connectivity index (χ3n) is 1.96. The first-order valence-corrected chi connectivity index (χ1v) is 3.90. The predicted octanol–water partition coefficient (Wildman–Crippen LogP) is 1.96. The van der Waals surface area contributed by atoms with Gasteiger partial charge in [0, 0.05) is 5.92 Å². The molecule has 0 aromatic carbocycles. The lowest BCUT2D eigenvalue weighted by Gasteiger charge is -2.18. The van der Waals surface area contributed by atoms with Crippen LogP contribution in [0.4, 0.5) is 0 Å². The Morgan fingerprint density at radius 1 is 1.42 bits per heavy atom. The largest absolute Gasteiger partial charge is 0.467 e. The lowest BCUT2D eigenvalue weighted by molar-refractivity contribution is 0.163. The number of fused-ring (bicyclic) bond motifs is 1. The summed E-state index contributed by atoms with van der Waals surface area (Å²) in [5.74, 6) is 0.761. The van der Waals surface area contributed by atoms with Crippen molar-refractivity contribution in [3.63, 3.8) is 0 Å². The van der Waals surface area contributed by atoms with E-state index in [0.717, 1.165) is 5.57 Å². The summed E-state index contributed by atoms with van der Waals surface area (Å²) in [6.45, 7) is -0.280. The van der Waals surface area contributed by atoms with Gasteiger partial charge in [-0.05, 0) is 11.6 Å². The van der Waals surface area contributed by atoms with Gasteiger partial charge in [-0.25, -0.2) is 5.11 Å². The van der Waals surface area contributed by atoms with E-state index in [9.17, 15) is 5.11 Å². The summed E-state index contributed by atoms with van der Waals surface area (Å²) < 4.78 is 5.10. The van der Waals surface area contributed by atoms with Crippen molar-refractivity contribution in [1.29, 1.82) is 0 Å². The summed E-state index contributed by atoms with van der Waals surface area (Å²) in [6, 6.07) is 0. The van der Waals surface area contributed by atoms with Crippen molar-refractivity contribution in [1.82, 2.24) is 0 Å². The van der Waals surface area contributed by atoms with E-state index >= 15 is 0 Å². The SMILES string of the molecule is [O]CC1=CC2C=CC=CC2=CO1. The second kappa shape index (κ2) is 2.99. The quantitative estimate of drug-likeness (QED) is 0.578. The molecule has 1 heterocycles. The van der Waals surface area contributed by atoms with Crippen molar-refractivity contribution in [3.8, 4) is 0 Å². The molecule has 1 unspecified atom stereocenters. The number of allylic oxidation sites excluding steroid dienone is 6. The lowest BCUT2D eigenvalue weighted by Crippen LogP contribution is -2.07. The molecule has 61 valence electrons. The van der Waals surface area contributed by atoms with E-state index in [1.54, 1.807) is 6.26 Å². The molecule has 2 aliphatic rings. The molecule has 0 aromatic rings. The fourth-order valence-corrected chi connectivity index (χ4v) is 1.31. The molecule has 1 radical (unpaired) electrons. The highest BCUT2D eigenvalue weighted by molar-refractivity contribution is 5.37. The summed E-state index contributed by atoms with van der Waals surface area (Å²) in [7, 11) is 0. The average molecular weight is 161 g/mol. The zero-order valence-corrected chi connectivity index (χ0v) is 6.57. The van der Waals surface area contributed by atoms with Crippen molar-refractivity contribution in [3.05, 3.63) is 48.0 Å². The Morgan fingerprint density at radius 3 is 3.17 bits per heavy atom. The second-order valence-corrected chi connectivity index (χ2v) is 2.78. The minimum atomic E-state index is -0.280. The first kappa shape index (κ1) is 7.37. The number of hydrogen-bond acceptors (Lipinski definition) is 1. The summed E-state index contributed by atoms with van der Waals surface area (Å²) in [4.78, 5) is 0. The number of hydrogen-bond donors (Lipinski definition) is 0.